The molecule has 0 atom stereocenters. The van der Waals surface area contributed by atoms with Gasteiger partial charge in [0, 0.05) is 16.3 Å². The standard InChI is InChI=1S/C13H24N2O2S2/c1-3-8-14-9-5-10-19(16,17)15-11-13-7-6-12(4-2)18-13/h6-7,14-15H,3-5,8-11H2,1-2H3. The van der Waals surface area contributed by atoms with Gasteiger partial charge in [-0.1, -0.05) is 13.8 Å². The summed E-state index contributed by atoms with van der Waals surface area (Å²) in [6.07, 6.45) is 2.73. The molecule has 0 bridgehead atoms. The first-order valence-electron chi connectivity index (χ1n) is 6.83. The maximum atomic E-state index is 11.8. The van der Waals surface area contributed by atoms with Crippen molar-refractivity contribution in [1.82, 2.24) is 10.0 Å². The number of thiophene rings is 1. The summed E-state index contributed by atoms with van der Waals surface area (Å²) in [5.41, 5.74) is 0. The molecule has 6 heteroatoms. The van der Waals surface area contributed by atoms with Crippen LogP contribution in [-0.2, 0) is 23.0 Å². The van der Waals surface area contributed by atoms with Crippen molar-refractivity contribution in [1.29, 1.82) is 0 Å². The molecule has 0 saturated heterocycles. The third-order valence-electron chi connectivity index (χ3n) is 2.73. The molecule has 0 radical (unpaired) electrons. The molecule has 2 N–H and O–H groups in total. The van der Waals surface area contributed by atoms with Crippen molar-refractivity contribution in [3.8, 4) is 0 Å². The van der Waals surface area contributed by atoms with Crippen molar-refractivity contribution in [2.75, 3.05) is 18.8 Å². The molecule has 1 aromatic heterocycles. The van der Waals surface area contributed by atoms with Gasteiger partial charge in [-0.15, -0.1) is 11.3 Å². The van der Waals surface area contributed by atoms with Crippen LogP contribution in [0.15, 0.2) is 12.1 Å². The van der Waals surface area contributed by atoms with Crippen LogP contribution in [0.2, 0.25) is 0 Å². The van der Waals surface area contributed by atoms with Gasteiger partial charge in [0.2, 0.25) is 10.0 Å². The first-order chi connectivity index (χ1) is 9.07. The number of hydrogen-bond acceptors (Lipinski definition) is 4. The van der Waals surface area contributed by atoms with Crippen molar-refractivity contribution in [2.45, 2.75) is 39.7 Å². The third-order valence-corrected chi connectivity index (χ3v) is 5.37. The average molecular weight is 304 g/mol. The van der Waals surface area contributed by atoms with Crippen LogP contribution in [-0.4, -0.2) is 27.3 Å². The highest BCUT2D eigenvalue weighted by atomic mass is 32.2. The second-order valence-electron chi connectivity index (χ2n) is 4.47. The fourth-order valence-corrected chi connectivity index (χ4v) is 3.68. The molecule has 19 heavy (non-hydrogen) atoms. The Hall–Kier alpha value is -0.430. The summed E-state index contributed by atoms with van der Waals surface area (Å²) in [6, 6.07) is 4.05. The second kappa shape index (κ2) is 8.68. The van der Waals surface area contributed by atoms with Crippen LogP contribution in [0.5, 0.6) is 0 Å². The van der Waals surface area contributed by atoms with Gasteiger partial charge >= 0.3 is 0 Å². The zero-order valence-corrected chi connectivity index (χ0v) is 13.4. The number of hydrogen-bond donors (Lipinski definition) is 2. The molecule has 0 fully saturated rings. The van der Waals surface area contributed by atoms with Crippen LogP contribution in [0.3, 0.4) is 0 Å². The molecule has 0 aliphatic carbocycles. The second-order valence-corrected chi connectivity index (χ2v) is 7.64. The minimum atomic E-state index is -3.15. The van der Waals surface area contributed by atoms with Gasteiger partial charge in [-0.25, -0.2) is 13.1 Å². The minimum absolute atomic E-state index is 0.190. The smallest absolute Gasteiger partial charge is 0.211 e. The van der Waals surface area contributed by atoms with E-state index in [1.54, 1.807) is 11.3 Å². The minimum Gasteiger partial charge on any atom is -0.317 e. The van der Waals surface area contributed by atoms with Crippen molar-refractivity contribution in [3.05, 3.63) is 21.9 Å². The summed E-state index contributed by atoms with van der Waals surface area (Å²) >= 11 is 1.67. The van der Waals surface area contributed by atoms with Crippen molar-refractivity contribution >= 4 is 21.4 Å². The molecule has 0 spiro atoms. The number of nitrogens with one attached hydrogen (secondary N) is 2. The third kappa shape index (κ3) is 7.06. The molecule has 1 heterocycles. The van der Waals surface area contributed by atoms with Crippen molar-refractivity contribution in [2.24, 2.45) is 0 Å². The van der Waals surface area contributed by atoms with E-state index < -0.39 is 10.0 Å². The zero-order chi connectivity index (χ0) is 14.1. The predicted molar refractivity (Wildman–Crippen MR) is 82.1 cm³/mol. The summed E-state index contributed by atoms with van der Waals surface area (Å²) < 4.78 is 26.2. The SMILES string of the molecule is CCCNCCCS(=O)(=O)NCc1ccc(CC)s1. The number of aryl methyl sites for hydroxylation is 1. The van der Waals surface area contributed by atoms with Gasteiger partial charge in [-0.05, 0) is 44.5 Å². The van der Waals surface area contributed by atoms with Gasteiger partial charge in [0.15, 0.2) is 0 Å². The zero-order valence-electron chi connectivity index (χ0n) is 11.7. The van der Waals surface area contributed by atoms with Gasteiger partial charge in [0.1, 0.15) is 0 Å². The molecule has 110 valence electrons. The van der Waals surface area contributed by atoms with E-state index >= 15 is 0 Å². The lowest BCUT2D eigenvalue weighted by Gasteiger charge is -2.06. The van der Waals surface area contributed by atoms with Gasteiger partial charge < -0.3 is 5.32 Å². The molecule has 0 saturated carbocycles. The number of sulfonamides is 1. The Morgan fingerprint density at radius 2 is 1.89 bits per heavy atom. The van der Waals surface area contributed by atoms with Gasteiger partial charge in [0.05, 0.1) is 5.75 Å². The molecular formula is C13H24N2O2S2. The quantitative estimate of drug-likeness (QED) is 0.651. The first kappa shape index (κ1) is 16.6. The molecule has 0 aromatic carbocycles. The molecule has 0 unspecified atom stereocenters. The lowest BCUT2D eigenvalue weighted by atomic mass is 10.4. The highest BCUT2D eigenvalue weighted by Gasteiger charge is 2.10. The van der Waals surface area contributed by atoms with E-state index in [0.29, 0.717) is 13.0 Å². The summed E-state index contributed by atoms with van der Waals surface area (Å²) in [4.78, 5) is 2.36. The highest BCUT2D eigenvalue weighted by Crippen LogP contribution is 2.16. The average Bonchev–Trinajstić information content (AvgIpc) is 2.84. The summed E-state index contributed by atoms with van der Waals surface area (Å²) in [5, 5.41) is 3.20. The van der Waals surface area contributed by atoms with E-state index in [2.05, 4.69) is 30.0 Å². The summed E-state index contributed by atoms with van der Waals surface area (Å²) in [5.74, 6) is 0.190. The van der Waals surface area contributed by atoms with Crippen molar-refractivity contribution < 1.29 is 8.42 Å². The Morgan fingerprint density at radius 1 is 1.16 bits per heavy atom. The molecule has 0 amide bonds. The highest BCUT2D eigenvalue weighted by molar-refractivity contribution is 7.89. The Labute approximate surface area is 120 Å². The van der Waals surface area contributed by atoms with Gasteiger partial charge in [-0.2, -0.15) is 0 Å². The Morgan fingerprint density at radius 3 is 2.53 bits per heavy atom. The maximum Gasteiger partial charge on any atom is 0.211 e. The summed E-state index contributed by atoms with van der Waals surface area (Å²) in [7, 11) is -3.15. The molecule has 4 nitrogen and oxygen atoms in total. The van der Waals surface area contributed by atoms with Crippen LogP contribution in [0.25, 0.3) is 0 Å². The van der Waals surface area contributed by atoms with E-state index in [9.17, 15) is 8.42 Å². The van der Waals surface area contributed by atoms with E-state index in [1.807, 2.05) is 6.07 Å². The maximum absolute atomic E-state index is 11.8. The topological polar surface area (TPSA) is 58.2 Å². The lowest BCUT2D eigenvalue weighted by Crippen LogP contribution is -2.27. The largest absolute Gasteiger partial charge is 0.317 e. The Bertz CT molecular complexity index is 455. The molecule has 0 aliphatic heterocycles. The fourth-order valence-electron chi connectivity index (χ4n) is 1.65. The normalized spacial score (nSPS) is 11.9. The van der Waals surface area contributed by atoms with Crippen LogP contribution < -0.4 is 10.0 Å². The molecule has 0 aliphatic rings. The van der Waals surface area contributed by atoms with E-state index in [0.717, 1.165) is 30.8 Å². The van der Waals surface area contributed by atoms with Crippen LogP contribution in [0.1, 0.15) is 36.4 Å². The Balaban J connectivity index is 2.26. The molecule has 1 aromatic rings. The fraction of sp³-hybridized carbons (Fsp3) is 0.692. The monoisotopic (exact) mass is 304 g/mol. The van der Waals surface area contributed by atoms with Gasteiger partial charge in [-0.3, -0.25) is 0 Å². The van der Waals surface area contributed by atoms with Crippen molar-refractivity contribution in [3.63, 3.8) is 0 Å². The summed E-state index contributed by atoms with van der Waals surface area (Å²) in [6.45, 7) is 6.31. The first-order valence-corrected chi connectivity index (χ1v) is 9.30. The lowest BCUT2D eigenvalue weighted by molar-refractivity contribution is 0.575. The van der Waals surface area contributed by atoms with E-state index in [4.69, 9.17) is 0 Å². The van der Waals surface area contributed by atoms with E-state index in [-0.39, 0.29) is 5.75 Å². The molecular weight excluding hydrogens is 280 g/mol. The Kier molecular flexibility index (Phi) is 7.60. The number of rotatable bonds is 10. The van der Waals surface area contributed by atoms with Gasteiger partial charge in [0.25, 0.3) is 0 Å². The van der Waals surface area contributed by atoms with Crippen LogP contribution in [0.4, 0.5) is 0 Å². The van der Waals surface area contributed by atoms with Crippen LogP contribution >= 0.6 is 11.3 Å². The van der Waals surface area contributed by atoms with E-state index in [1.165, 1.54) is 4.88 Å². The predicted octanol–water partition coefficient (Wildman–Crippen LogP) is 2.12. The molecule has 1 rings (SSSR count). The van der Waals surface area contributed by atoms with Crippen LogP contribution in [0, 0.1) is 0 Å².